The lowest BCUT2D eigenvalue weighted by molar-refractivity contribution is -0.163. The molecule has 7 heteroatoms. The number of nitrogens with one attached hydrogen (secondary N) is 1. The highest BCUT2D eigenvalue weighted by Crippen LogP contribution is 2.48. The molecule has 1 aliphatic heterocycles. The molecule has 1 unspecified atom stereocenters. The number of fused-ring (bicyclic) bond motifs is 1. The summed E-state index contributed by atoms with van der Waals surface area (Å²) in [5.41, 5.74) is 2.08. The van der Waals surface area contributed by atoms with E-state index in [0.717, 1.165) is 34.7 Å². The van der Waals surface area contributed by atoms with Crippen LogP contribution in [0.25, 0.3) is 10.8 Å². The maximum Gasteiger partial charge on any atom is 0.401 e. The molecular formula is C27H27F3N2O2. The monoisotopic (exact) mass is 468 g/mol. The van der Waals surface area contributed by atoms with Crippen molar-refractivity contribution in [2.24, 2.45) is 0 Å². The number of likely N-dealkylation sites (tertiary alicyclic amines) is 1. The second-order valence-electron chi connectivity index (χ2n) is 9.38. The molecule has 0 bridgehead atoms. The van der Waals surface area contributed by atoms with E-state index in [9.17, 15) is 18.0 Å². The Kier molecular flexibility index (Phi) is 5.76. The maximum absolute atomic E-state index is 13.3. The van der Waals surface area contributed by atoms with Gasteiger partial charge in [-0.1, -0.05) is 48.5 Å². The normalized spacial score (nSPS) is 19.5. The fraction of sp³-hybridized carbons (Fsp3) is 0.370. The van der Waals surface area contributed by atoms with Crippen LogP contribution >= 0.6 is 0 Å². The van der Waals surface area contributed by atoms with Crippen molar-refractivity contribution in [1.29, 1.82) is 0 Å². The minimum absolute atomic E-state index is 0.167. The van der Waals surface area contributed by atoms with Gasteiger partial charge in [-0.25, -0.2) is 0 Å². The molecule has 1 saturated carbocycles. The van der Waals surface area contributed by atoms with E-state index in [-0.39, 0.29) is 24.1 Å². The first-order valence-electron chi connectivity index (χ1n) is 11.6. The van der Waals surface area contributed by atoms with Crippen molar-refractivity contribution in [1.82, 2.24) is 10.2 Å². The van der Waals surface area contributed by atoms with E-state index in [2.05, 4.69) is 29.6 Å². The van der Waals surface area contributed by atoms with Gasteiger partial charge in [0.25, 0.3) is 5.91 Å². The van der Waals surface area contributed by atoms with Gasteiger partial charge in [-0.15, -0.1) is 0 Å². The van der Waals surface area contributed by atoms with Crippen molar-refractivity contribution in [3.8, 4) is 5.75 Å². The highest BCUT2D eigenvalue weighted by molar-refractivity contribution is 5.97. The molecule has 34 heavy (non-hydrogen) atoms. The number of hydrogen-bond acceptors (Lipinski definition) is 3. The van der Waals surface area contributed by atoms with Gasteiger partial charge in [-0.05, 0) is 60.2 Å². The molecule has 1 heterocycles. The zero-order chi connectivity index (χ0) is 23.9. The van der Waals surface area contributed by atoms with E-state index in [1.54, 1.807) is 12.1 Å². The third kappa shape index (κ3) is 4.62. The number of amides is 1. The van der Waals surface area contributed by atoms with Gasteiger partial charge in [-0.3, -0.25) is 9.69 Å². The van der Waals surface area contributed by atoms with E-state index in [1.807, 2.05) is 31.2 Å². The summed E-state index contributed by atoms with van der Waals surface area (Å²) in [4.78, 5) is 14.7. The maximum atomic E-state index is 13.3. The topological polar surface area (TPSA) is 41.6 Å². The molecule has 3 aromatic carbocycles. The zero-order valence-corrected chi connectivity index (χ0v) is 19.0. The Morgan fingerprint density at radius 2 is 1.88 bits per heavy atom. The minimum atomic E-state index is -4.21. The lowest BCUT2D eigenvalue weighted by Gasteiger charge is -2.40. The molecule has 0 aromatic heterocycles. The number of aryl methyl sites for hydroxylation is 1. The van der Waals surface area contributed by atoms with E-state index >= 15 is 0 Å². The average molecular weight is 469 g/mol. The van der Waals surface area contributed by atoms with Crippen molar-refractivity contribution < 1.29 is 22.7 Å². The number of carbonyl (C=O) groups excluding carboxylic acids is 1. The molecule has 5 rings (SSSR count). The van der Waals surface area contributed by atoms with Gasteiger partial charge >= 0.3 is 6.18 Å². The van der Waals surface area contributed by atoms with Crippen LogP contribution in [0.4, 0.5) is 13.2 Å². The summed E-state index contributed by atoms with van der Waals surface area (Å²) >= 11 is 0. The van der Waals surface area contributed by atoms with Crippen molar-refractivity contribution in [3.05, 3.63) is 77.4 Å². The molecule has 1 aliphatic carbocycles. The van der Waals surface area contributed by atoms with Crippen LogP contribution in [0.2, 0.25) is 0 Å². The van der Waals surface area contributed by atoms with Crippen LogP contribution in [-0.2, 0) is 5.54 Å². The Hall–Kier alpha value is -3.06. The zero-order valence-electron chi connectivity index (χ0n) is 19.0. The molecule has 0 spiro atoms. The molecule has 1 atom stereocenters. The number of carbonyl (C=O) groups is 1. The van der Waals surface area contributed by atoms with Gasteiger partial charge in [0.15, 0.2) is 0 Å². The lowest BCUT2D eigenvalue weighted by Crippen LogP contribution is -2.54. The third-order valence-electron chi connectivity index (χ3n) is 6.95. The van der Waals surface area contributed by atoms with Gasteiger partial charge in [0.2, 0.25) is 0 Å². The predicted molar refractivity (Wildman–Crippen MR) is 125 cm³/mol. The molecule has 178 valence electrons. The molecule has 1 saturated heterocycles. The fourth-order valence-electron chi connectivity index (χ4n) is 4.76. The molecule has 4 nitrogen and oxygen atoms in total. The Morgan fingerprint density at radius 1 is 1.12 bits per heavy atom. The summed E-state index contributed by atoms with van der Waals surface area (Å²) in [6, 6.07) is 19.3. The van der Waals surface area contributed by atoms with E-state index in [1.165, 1.54) is 4.90 Å². The Bertz CT molecular complexity index is 1210. The van der Waals surface area contributed by atoms with Crippen molar-refractivity contribution >= 4 is 16.7 Å². The standard InChI is InChI=1S/C27H27F3N2O2/c1-18-9-10-21(34-16-20-11-14-32(20)17-27(28,29)30)15-23(18)25(33)31-26(12-13-26)24-8-4-6-19-5-2-3-7-22(19)24/h2-10,15,20H,11-14,16-17H2,1H3,(H,31,33). The van der Waals surface area contributed by atoms with E-state index < -0.39 is 12.7 Å². The molecule has 0 radical (unpaired) electrons. The fourth-order valence-corrected chi connectivity index (χ4v) is 4.76. The molecule has 2 aliphatic rings. The van der Waals surface area contributed by atoms with Crippen LogP contribution in [0.15, 0.2) is 60.7 Å². The average Bonchev–Trinajstić information content (AvgIpc) is 3.57. The third-order valence-corrected chi connectivity index (χ3v) is 6.95. The summed E-state index contributed by atoms with van der Waals surface area (Å²) < 4.78 is 43.8. The first-order chi connectivity index (χ1) is 16.2. The molecule has 3 aromatic rings. The van der Waals surface area contributed by atoms with Gasteiger partial charge in [0, 0.05) is 18.2 Å². The van der Waals surface area contributed by atoms with Crippen LogP contribution < -0.4 is 10.1 Å². The second kappa shape index (κ2) is 8.62. The SMILES string of the molecule is Cc1ccc(OCC2CCN2CC(F)(F)F)cc1C(=O)NC1(c2cccc3ccccc23)CC1. The van der Waals surface area contributed by atoms with Crippen molar-refractivity contribution in [3.63, 3.8) is 0 Å². The summed E-state index contributed by atoms with van der Waals surface area (Å²) in [6.07, 6.45) is -1.79. The largest absolute Gasteiger partial charge is 0.492 e. The number of nitrogens with zero attached hydrogens (tertiary/aromatic N) is 1. The number of halogens is 3. The van der Waals surface area contributed by atoms with Crippen molar-refractivity contribution in [2.45, 2.75) is 43.9 Å². The van der Waals surface area contributed by atoms with Crippen LogP contribution in [0.1, 0.15) is 40.7 Å². The highest BCUT2D eigenvalue weighted by Gasteiger charge is 2.46. The Balaban J connectivity index is 1.29. The molecular weight excluding hydrogens is 441 g/mol. The highest BCUT2D eigenvalue weighted by atomic mass is 19.4. The summed E-state index contributed by atoms with van der Waals surface area (Å²) in [7, 11) is 0. The Morgan fingerprint density at radius 3 is 2.59 bits per heavy atom. The number of hydrogen-bond donors (Lipinski definition) is 1. The van der Waals surface area contributed by atoms with Crippen LogP contribution in [0, 0.1) is 6.92 Å². The predicted octanol–water partition coefficient (Wildman–Crippen LogP) is 5.58. The Labute approximate surface area is 196 Å². The van der Waals surface area contributed by atoms with Crippen LogP contribution in [0.3, 0.4) is 0 Å². The van der Waals surface area contributed by atoms with Crippen molar-refractivity contribution in [2.75, 3.05) is 19.7 Å². The number of benzene rings is 3. The molecule has 1 N–H and O–H groups in total. The first-order valence-corrected chi connectivity index (χ1v) is 11.6. The van der Waals surface area contributed by atoms with E-state index in [0.29, 0.717) is 24.3 Å². The van der Waals surface area contributed by atoms with Gasteiger partial charge in [0.05, 0.1) is 12.1 Å². The quantitative estimate of drug-likeness (QED) is 0.492. The summed E-state index contributed by atoms with van der Waals surface area (Å²) in [6.45, 7) is 1.54. The summed E-state index contributed by atoms with van der Waals surface area (Å²) in [5.74, 6) is 0.320. The van der Waals surface area contributed by atoms with Crippen LogP contribution in [-0.4, -0.2) is 42.7 Å². The smallest absolute Gasteiger partial charge is 0.401 e. The van der Waals surface area contributed by atoms with Gasteiger partial charge in [0.1, 0.15) is 12.4 Å². The van der Waals surface area contributed by atoms with Crippen LogP contribution in [0.5, 0.6) is 5.75 Å². The number of alkyl halides is 3. The van der Waals surface area contributed by atoms with Gasteiger partial charge < -0.3 is 10.1 Å². The molecule has 1 amide bonds. The first kappa shape index (κ1) is 22.7. The minimum Gasteiger partial charge on any atom is -0.492 e. The number of ether oxygens (including phenoxy) is 1. The van der Waals surface area contributed by atoms with Gasteiger partial charge in [-0.2, -0.15) is 13.2 Å². The van der Waals surface area contributed by atoms with E-state index in [4.69, 9.17) is 4.74 Å². The summed E-state index contributed by atoms with van der Waals surface area (Å²) in [5, 5.41) is 5.53. The molecule has 2 fully saturated rings. The second-order valence-corrected chi connectivity index (χ2v) is 9.38. The number of rotatable bonds is 7. The lowest BCUT2D eigenvalue weighted by atomic mass is 9.96.